The number of aryl methyl sites for hydroxylation is 2. The van der Waals surface area contributed by atoms with E-state index in [0.717, 1.165) is 40.0 Å². The summed E-state index contributed by atoms with van der Waals surface area (Å²) in [7, 11) is 1.89. The summed E-state index contributed by atoms with van der Waals surface area (Å²) in [6.45, 7) is 4.05. The lowest BCUT2D eigenvalue weighted by atomic mass is 10.0. The Balaban J connectivity index is 0.000000216. The Labute approximate surface area is 235 Å². The van der Waals surface area contributed by atoms with Gasteiger partial charge in [-0.1, -0.05) is 49.1 Å². The van der Waals surface area contributed by atoms with Crippen molar-refractivity contribution in [2.45, 2.75) is 20.3 Å². The number of nitrogen functional groups attached to an aromatic ring is 1. The number of aromatic nitrogens is 6. The molecule has 41 heavy (non-hydrogen) atoms. The molecular weight excluding hydrogens is 516 g/mol. The average Bonchev–Trinajstić information content (AvgIpc) is 3.49. The van der Waals surface area contributed by atoms with Crippen LogP contribution in [0.15, 0.2) is 84.0 Å². The Morgan fingerprint density at radius 3 is 2.46 bits per heavy atom. The largest absolute Gasteiger partial charge is 0.381 e. The number of primary amides is 1. The molecule has 0 fully saturated rings. The van der Waals surface area contributed by atoms with Crippen LogP contribution in [0, 0.1) is 18.8 Å². The molecule has 0 aliphatic carbocycles. The number of rotatable bonds is 3. The minimum atomic E-state index is -0.619. The van der Waals surface area contributed by atoms with E-state index in [1.807, 2.05) is 62.5 Å². The van der Waals surface area contributed by atoms with Gasteiger partial charge in [0.15, 0.2) is 11.5 Å². The summed E-state index contributed by atoms with van der Waals surface area (Å²) < 4.78 is 5.00. The Bertz CT molecular complexity index is 2020. The molecule has 204 valence electrons. The van der Waals surface area contributed by atoms with E-state index in [-0.39, 0.29) is 16.9 Å². The fourth-order valence-electron chi connectivity index (χ4n) is 4.54. The maximum absolute atomic E-state index is 13.5. The summed E-state index contributed by atoms with van der Waals surface area (Å²) in [4.78, 5) is 28.4. The van der Waals surface area contributed by atoms with E-state index >= 15 is 0 Å². The van der Waals surface area contributed by atoms with E-state index in [1.165, 1.54) is 4.52 Å². The number of pyridine rings is 1. The first-order valence-corrected chi connectivity index (χ1v) is 12.9. The van der Waals surface area contributed by atoms with Crippen molar-refractivity contribution in [3.05, 3.63) is 118 Å². The molecule has 6 aromatic rings. The molecule has 1 amide bonds. The maximum atomic E-state index is 13.5. The van der Waals surface area contributed by atoms with Gasteiger partial charge in [-0.15, -0.1) is 5.10 Å². The van der Waals surface area contributed by atoms with Crippen molar-refractivity contribution in [2.24, 2.45) is 12.8 Å². The normalized spacial score (nSPS) is 10.6. The summed E-state index contributed by atoms with van der Waals surface area (Å²) in [6, 6.07) is 19.4. The molecule has 4 N–H and O–H groups in total. The quantitative estimate of drug-likeness (QED) is 0.328. The number of fused-ring (bicyclic) bond motifs is 2. The van der Waals surface area contributed by atoms with Gasteiger partial charge in [-0.2, -0.15) is 5.10 Å². The number of carbonyl (C=O) groups excluding carboxylic acids is 1. The number of amides is 1. The van der Waals surface area contributed by atoms with Gasteiger partial charge in [0.2, 0.25) is 0 Å². The third-order valence-corrected chi connectivity index (χ3v) is 6.74. The number of benzene rings is 2. The number of hydrogen-bond donors (Lipinski definition) is 2. The molecule has 0 spiro atoms. The number of hydrogen-bond acceptors (Lipinski definition) is 6. The number of anilines is 1. The summed E-state index contributed by atoms with van der Waals surface area (Å²) in [6.07, 6.45) is 5.71. The lowest BCUT2D eigenvalue weighted by molar-refractivity contribution is 0.100. The molecule has 0 bridgehead atoms. The zero-order valence-electron chi connectivity index (χ0n) is 22.9. The van der Waals surface area contributed by atoms with E-state index in [4.69, 9.17) is 11.5 Å². The second-order valence-electron chi connectivity index (χ2n) is 9.26. The molecule has 6 rings (SSSR count). The minimum absolute atomic E-state index is 0.0339. The molecule has 0 unspecified atom stereocenters. The van der Waals surface area contributed by atoms with Crippen molar-refractivity contribution in [3.63, 3.8) is 0 Å². The first kappa shape index (κ1) is 26.9. The zero-order valence-corrected chi connectivity index (χ0v) is 22.9. The van der Waals surface area contributed by atoms with Gasteiger partial charge in [-0.25, -0.2) is 9.50 Å². The Morgan fingerprint density at radius 1 is 1.02 bits per heavy atom. The van der Waals surface area contributed by atoms with Crippen molar-refractivity contribution in [2.75, 3.05) is 5.73 Å². The molecule has 4 heterocycles. The lowest BCUT2D eigenvalue weighted by Gasteiger charge is -2.14. The van der Waals surface area contributed by atoms with Crippen molar-refractivity contribution in [1.82, 2.24) is 28.9 Å². The molecule has 2 aromatic carbocycles. The lowest BCUT2D eigenvalue weighted by Crippen LogP contribution is -2.22. The Morgan fingerprint density at radius 2 is 1.78 bits per heavy atom. The van der Waals surface area contributed by atoms with E-state index in [1.54, 1.807) is 33.9 Å². The monoisotopic (exact) mass is 544 g/mol. The van der Waals surface area contributed by atoms with Crippen LogP contribution in [0.3, 0.4) is 0 Å². The van der Waals surface area contributed by atoms with Crippen molar-refractivity contribution >= 4 is 28.1 Å². The number of nitrogens with zero attached hydrogens (tertiary/aromatic N) is 6. The van der Waals surface area contributed by atoms with Gasteiger partial charge in [0, 0.05) is 36.4 Å². The maximum Gasteiger partial charge on any atom is 0.264 e. The van der Waals surface area contributed by atoms with Gasteiger partial charge in [-0.3, -0.25) is 18.8 Å². The van der Waals surface area contributed by atoms with Crippen LogP contribution in [-0.2, 0) is 13.5 Å². The topological polar surface area (TPSA) is 139 Å². The highest BCUT2D eigenvalue weighted by molar-refractivity contribution is 6.03. The first-order chi connectivity index (χ1) is 19.8. The van der Waals surface area contributed by atoms with Gasteiger partial charge in [-0.05, 0) is 49.1 Å². The fourth-order valence-corrected chi connectivity index (χ4v) is 4.54. The highest BCUT2D eigenvalue weighted by Crippen LogP contribution is 2.20. The zero-order chi connectivity index (χ0) is 29.1. The molecule has 0 aliphatic heterocycles. The summed E-state index contributed by atoms with van der Waals surface area (Å²) in [5.74, 6) is 5.86. The predicted molar refractivity (Wildman–Crippen MR) is 159 cm³/mol. The molecule has 0 saturated heterocycles. The minimum Gasteiger partial charge on any atom is -0.381 e. The highest BCUT2D eigenvalue weighted by atomic mass is 16.1. The van der Waals surface area contributed by atoms with Crippen LogP contribution in [0.25, 0.3) is 22.1 Å². The third kappa shape index (κ3) is 5.16. The van der Waals surface area contributed by atoms with Gasteiger partial charge >= 0.3 is 0 Å². The number of para-hydroxylation sites is 1. The third-order valence-electron chi connectivity index (χ3n) is 6.74. The smallest absolute Gasteiger partial charge is 0.264 e. The first-order valence-electron chi connectivity index (χ1n) is 12.9. The number of carbonyl (C=O) groups is 1. The van der Waals surface area contributed by atoms with Crippen LogP contribution in [0.4, 0.5) is 5.82 Å². The Hall–Kier alpha value is -5.69. The van der Waals surface area contributed by atoms with Gasteiger partial charge < -0.3 is 11.5 Å². The standard InChI is InChI=1S/C24H21N3O.C7H7N5O/c1-4-21-15-19-10-8-9-18(13-14-20-16-25-26(3)17(20)2)23(19)24(28)27(21)22-11-6-5-7-12-22;8-5-4(6(9)13)7-10-2-1-3-12(7)11-5/h5-12,15-16H,4H2,1-3H3;1-3H,(H2,8,11)(H2,9,13). The number of nitrogens with two attached hydrogens (primary N) is 2. The van der Waals surface area contributed by atoms with Crippen LogP contribution >= 0.6 is 0 Å². The highest BCUT2D eigenvalue weighted by Gasteiger charge is 2.15. The summed E-state index contributed by atoms with van der Waals surface area (Å²) in [5, 5.41) is 9.67. The molecule has 4 aromatic heterocycles. The predicted octanol–water partition coefficient (Wildman–Crippen LogP) is 3.41. The van der Waals surface area contributed by atoms with Gasteiger partial charge in [0.1, 0.15) is 5.56 Å². The fraction of sp³-hybridized carbons (Fsp3) is 0.129. The van der Waals surface area contributed by atoms with Crippen LogP contribution in [0.2, 0.25) is 0 Å². The van der Waals surface area contributed by atoms with Crippen molar-refractivity contribution in [3.8, 4) is 17.5 Å². The van der Waals surface area contributed by atoms with Crippen molar-refractivity contribution in [1.29, 1.82) is 0 Å². The average molecular weight is 545 g/mol. The van der Waals surface area contributed by atoms with Gasteiger partial charge in [0.05, 0.1) is 22.8 Å². The van der Waals surface area contributed by atoms with Crippen LogP contribution in [0.5, 0.6) is 0 Å². The van der Waals surface area contributed by atoms with E-state index < -0.39 is 5.91 Å². The Kier molecular flexibility index (Phi) is 7.35. The van der Waals surface area contributed by atoms with Crippen LogP contribution in [-0.4, -0.2) is 34.9 Å². The van der Waals surface area contributed by atoms with E-state index in [0.29, 0.717) is 11.0 Å². The van der Waals surface area contributed by atoms with Crippen molar-refractivity contribution < 1.29 is 4.79 Å². The van der Waals surface area contributed by atoms with Crippen LogP contribution in [0.1, 0.15) is 39.8 Å². The van der Waals surface area contributed by atoms with E-state index in [9.17, 15) is 9.59 Å². The van der Waals surface area contributed by atoms with E-state index in [2.05, 4.69) is 40.0 Å². The molecule has 10 nitrogen and oxygen atoms in total. The second-order valence-corrected chi connectivity index (χ2v) is 9.26. The molecule has 0 aliphatic rings. The molecule has 0 saturated carbocycles. The molecular formula is C31H28N8O2. The molecule has 10 heteroatoms. The summed E-state index contributed by atoms with van der Waals surface area (Å²) >= 11 is 0. The molecule has 0 radical (unpaired) electrons. The SMILES string of the molecule is CCc1cc2cccc(C#Cc3cnn(C)c3C)c2c(=O)n1-c1ccccc1.NC(=O)c1c(N)nn2cccnc12. The second kappa shape index (κ2) is 11.2. The summed E-state index contributed by atoms with van der Waals surface area (Å²) in [5.41, 5.74) is 15.6. The van der Waals surface area contributed by atoms with Crippen LogP contribution < -0.4 is 17.0 Å². The van der Waals surface area contributed by atoms with Gasteiger partial charge in [0.25, 0.3) is 11.5 Å². The molecule has 0 atom stereocenters.